The lowest BCUT2D eigenvalue weighted by atomic mass is 9.90. The van der Waals surface area contributed by atoms with Crippen LogP contribution in [0.5, 0.6) is 0 Å². The predicted octanol–water partition coefficient (Wildman–Crippen LogP) is 2.08. The lowest BCUT2D eigenvalue weighted by molar-refractivity contribution is 0.0518. The highest BCUT2D eigenvalue weighted by Gasteiger charge is 2.35. The van der Waals surface area contributed by atoms with Crippen molar-refractivity contribution in [1.82, 2.24) is 20.2 Å². The van der Waals surface area contributed by atoms with Gasteiger partial charge in [0.15, 0.2) is 0 Å². The summed E-state index contributed by atoms with van der Waals surface area (Å²) in [4.78, 5) is 11.3. The fraction of sp³-hybridized carbons (Fsp3) is 0.733. The molecule has 0 saturated carbocycles. The van der Waals surface area contributed by atoms with Gasteiger partial charge in [-0.2, -0.15) is 0 Å². The van der Waals surface area contributed by atoms with E-state index in [-0.39, 0.29) is 5.54 Å². The molecule has 0 bridgehead atoms. The van der Waals surface area contributed by atoms with E-state index in [1.807, 2.05) is 18.5 Å². The number of rotatable bonds is 4. The van der Waals surface area contributed by atoms with Gasteiger partial charge in [0, 0.05) is 37.1 Å². The summed E-state index contributed by atoms with van der Waals surface area (Å²) in [6.07, 6.45) is 4.80. The fourth-order valence-corrected chi connectivity index (χ4v) is 2.76. The highest BCUT2D eigenvalue weighted by Crippen LogP contribution is 2.23. The number of hydrogen-bond acceptors (Lipinski definition) is 4. The van der Waals surface area contributed by atoms with Crippen LogP contribution < -0.4 is 5.32 Å². The van der Waals surface area contributed by atoms with Crippen LogP contribution in [0.4, 0.5) is 0 Å². The van der Waals surface area contributed by atoms with E-state index in [2.05, 4.69) is 47.9 Å². The lowest BCUT2D eigenvalue weighted by Crippen LogP contribution is -2.63. The topological polar surface area (TPSA) is 41.1 Å². The molecule has 0 aromatic carbocycles. The number of nitrogens with zero attached hydrogens (tertiary/aromatic N) is 3. The molecule has 2 heterocycles. The second-order valence-corrected chi connectivity index (χ2v) is 6.18. The average molecular weight is 262 g/mol. The van der Waals surface area contributed by atoms with Crippen molar-refractivity contribution in [2.24, 2.45) is 5.92 Å². The summed E-state index contributed by atoms with van der Waals surface area (Å²) < 4.78 is 0. The molecule has 1 aliphatic rings. The minimum Gasteiger partial charge on any atom is -0.309 e. The molecule has 106 valence electrons. The van der Waals surface area contributed by atoms with Crippen LogP contribution in [0.3, 0.4) is 0 Å². The van der Waals surface area contributed by atoms with Crippen LogP contribution in [0.25, 0.3) is 0 Å². The van der Waals surface area contributed by atoms with Crippen molar-refractivity contribution in [2.75, 3.05) is 13.1 Å². The maximum Gasteiger partial charge on any atom is 0.142 e. The molecule has 1 aromatic rings. The standard InChI is InChI=1S/C15H26N4/c1-5-15(4)11-19(13(9-18-15)12(2)3)10-14-16-7-6-8-17-14/h6-8,12-13,18H,5,9-11H2,1-4H3. The summed E-state index contributed by atoms with van der Waals surface area (Å²) in [6, 6.07) is 2.43. The van der Waals surface area contributed by atoms with Crippen LogP contribution in [0.2, 0.25) is 0 Å². The van der Waals surface area contributed by atoms with Crippen molar-refractivity contribution in [3.05, 3.63) is 24.3 Å². The monoisotopic (exact) mass is 262 g/mol. The number of aromatic nitrogens is 2. The Balaban J connectivity index is 2.12. The Hall–Kier alpha value is -1.00. The highest BCUT2D eigenvalue weighted by atomic mass is 15.3. The van der Waals surface area contributed by atoms with Crippen molar-refractivity contribution in [3.8, 4) is 0 Å². The largest absolute Gasteiger partial charge is 0.309 e. The fourth-order valence-electron chi connectivity index (χ4n) is 2.76. The number of piperazine rings is 1. The summed E-state index contributed by atoms with van der Waals surface area (Å²) in [5.74, 6) is 1.56. The van der Waals surface area contributed by atoms with E-state index in [1.54, 1.807) is 0 Å². The first-order valence-electron chi connectivity index (χ1n) is 7.29. The minimum absolute atomic E-state index is 0.209. The number of nitrogens with one attached hydrogen (secondary N) is 1. The smallest absolute Gasteiger partial charge is 0.142 e. The average Bonchev–Trinajstić information content (AvgIpc) is 2.40. The molecule has 4 heteroatoms. The minimum atomic E-state index is 0.209. The molecule has 1 aliphatic heterocycles. The van der Waals surface area contributed by atoms with E-state index in [4.69, 9.17) is 0 Å². The summed E-state index contributed by atoms with van der Waals surface area (Å²) in [5.41, 5.74) is 0.209. The third kappa shape index (κ3) is 3.51. The zero-order chi connectivity index (χ0) is 13.9. The Morgan fingerprint density at radius 3 is 2.68 bits per heavy atom. The van der Waals surface area contributed by atoms with Crippen LogP contribution in [0, 0.1) is 5.92 Å². The summed E-state index contributed by atoms with van der Waals surface area (Å²) in [6.45, 7) is 12.1. The predicted molar refractivity (Wildman–Crippen MR) is 77.8 cm³/mol. The van der Waals surface area contributed by atoms with Crippen LogP contribution in [-0.2, 0) is 6.54 Å². The first-order valence-corrected chi connectivity index (χ1v) is 7.29. The molecule has 0 radical (unpaired) electrons. The lowest BCUT2D eigenvalue weighted by Gasteiger charge is -2.47. The maximum absolute atomic E-state index is 4.37. The quantitative estimate of drug-likeness (QED) is 0.902. The van der Waals surface area contributed by atoms with Crippen LogP contribution in [-0.4, -0.2) is 39.5 Å². The molecule has 4 nitrogen and oxygen atoms in total. The van der Waals surface area contributed by atoms with Gasteiger partial charge in [-0.25, -0.2) is 9.97 Å². The molecule has 1 aromatic heterocycles. The van der Waals surface area contributed by atoms with Gasteiger partial charge in [0.05, 0.1) is 6.54 Å². The molecule has 19 heavy (non-hydrogen) atoms. The molecule has 2 rings (SSSR count). The molecular formula is C15H26N4. The first-order chi connectivity index (χ1) is 9.04. The van der Waals surface area contributed by atoms with E-state index < -0.39 is 0 Å². The highest BCUT2D eigenvalue weighted by molar-refractivity contribution is 4.98. The van der Waals surface area contributed by atoms with Crippen molar-refractivity contribution in [3.63, 3.8) is 0 Å². The number of hydrogen-bond donors (Lipinski definition) is 1. The van der Waals surface area contributed by atoms with Crippen LogP contribution in [0.15, 0.2) is 18.5 Å². The van der Waals surface area contributed by atoms with Gasteiger partial charge in [0.2, 0.25) is 0 Å². The van der Waals surface area contributed by atoms with Gasteiger partial charge in [-0.15, -0.1) is 0 Å². The molecular weight excluding hydrogens is 236 g/mol. The Kier molecular flexibility index (Phi) is 4.53. The van der Waals surface area contributed by atoms with Gasteiger partial charge < -0.3 is 5.32 Å². The molecule has 1 N–H and O–H groups in total. The summed E-state index contributed by atoms with van der Waals surface area (Å²) in [5, 5.41) is 3.71. The first kappa shape index (κ1) is 14.4. The zero-order valence-corrected chi connectivity index (χ0v) is 12.6. The van der Waals surface area contributed by atoms with E-state index >= 15 is 0 Å². The molecule has 0 spiro atoms. The van der Waals surface area contributed by atoms with E-state index in [9.17, 15) is 0 Å². The Bertz CT molecular complexity index is 392. The summed E-state index contributed by atoms with van der Waals surface area (Å²) >= 11 is 0. The van der Waals surface area contributed by atoms with Gasteiger partial charge in [0.1, 0.15) is 5.82 Å². The van der Waals surface area contributed by atoms with Gasteiger partial charge >= 0.3 is 0 Å². The van der Waals surface area contributed by atoms with Gasteiger partial charge in [-0.05, 0) is 25.3 Å². The van der Waals surface area contributed by atoms with E-state index in [0.29, 0.717) is 12.0 Å². The van der Waals surface area contributed by atoms with Gasteiger partial charge in [0.25, 0.3) is 0 Å². The third-order valence-electron chi connectivity index (χ3n) is 4.27. The SMILES string of the molecule is CCC1(C)CN(Cc2ncccn2)C(C(C)C)CN1. The van der Waals surface area contributed by atoms with E-state index in [1.165, 1.54) is 0 Å². The van der Waals surface area contributed by atoms with Crippen LogP contribution in [0.1, 0.15) is 39.9 Å². The van der Waals surface area contributed by atoms with Gasteiger partial charge in [-0.3, -0.25) is 4.90 Å². The maximum atomic E-state index is 4.37. The van der Waals surface area contributed by atoms with Crippen molar-refractivity contribution < 1.29 is 0 Å². The summed E-state index contributed by atoms with van der Waals surface area (Å²) in [7, 11) is 0. The van der Waals surface area contributed by atoms with Gasteiger partial charge in [-0.1, -0.05) is 20.8 Å². The molecule has 1 fully saturated rings. The van der Waals surface area contributed by atoms with Crippen molar-refractivity contribution >= 4 is 0 Å². The molecule has 2 unspecified atom stereocenters. The molecule has 1 saturated heterocycles. The zero-order valence-electron chi connectivity index (χ0n) is 12.6. The van der Waals surface area contributed by atoms with E-state index in [0.717, 1.165) is 31.9 Å². The second kappa shape index (κ2) is 5.97. The second-order valence-electron chi connectivity index (χ2n) is 6.18. The molecule has 2 atom stereocenters. The van der Waals surface area contributed by atoms with Crippen molar-refractivity contribution in [1.29, 1.82) is 0 Å². The third-order valence-corrected chi connectivity index (χ3v) is 4.27. The van der Waals surface area contributed by atoms with Crippen LogP contribution >= 0.6 is 0 Å². The van der Waals surface area contributed by atoms with Crippen molar-refractivity contribution in [2.45, 2.75) is 52.2 Å². The Morgan fingerprint density at radius 2 is 2.11 bits per heavy atom. The Morgan fingerprint density at radius 1 is 1.42 bits per heavy atom. The molecule has 0 aliphatic carbocycles. The molecule has 0 amide bonds. The Labute approximate surface area is 116 Å². The normalized spacial score (nSPS) is 28.8.